The standard InChI is InChI=1S/C12H23P/c1-6-7-8-9-10-13(11(2)3)12(4)5/h11-12H,6-8H2,1-5H3. The number of hydrogen-bond donors (Lipinski definition) is 0. The Morgan fingerprint density at radius 3 is 2.00 bits per heavy atom. The molecule has 0 aliphatic rings. The summed E-state index contributed by atoms with van der Waals surface area (Å²) in [5, 5.41) is 0. The van der Waals surface area contributed by atoms with Crippen molar-refractivity contribution in [1.82, 2.24) is 0 Å². The first kappa shape index (κ1) is 13.0. The number of hydrogen-bond acceptors (Lipinski definition) is 0. The third-order valence-electron chi connectivity index (χ3n) is 1.98. The molecule has 0 atom stereocenters. The lowest BCUT2D eigenvalue weighted by Crippen LogP contribution is -2.00. The molecule has 0 aliphatic carbocycles. The largest absolute Gasteiger partial charge is 0.0987 e. The first-order valence-corrected chi connectivity index (χ1v) is 6.84. The predicted octanol–water partition coefficient (Wildman–Crippen LogP) is 4.44. The van der Waals surface area contributed by atoms with Crippen molar-refractivity contribution in [3.05, 3.63) is 0 Å². The third kappa shape index (κ3) is 6.11. The van der Waals surface area contributed by atoms with E-state index < -0.39 is 0 Å². The van der Waals surface area contributed by atoms with Crippen molar-refractivity contribution in [3.63, 3.8) is 0 Å². The van der Waals surface area contributed by atoms with Crippen molar-refractivity contribution < 1.29 is 0 Å². The van der Waals surface area contributed by atoms with Gasteiger partial charge < -0.3 is 0 Å². The minimum absolute atomic E-state index is 0.0564. The topological polar surface area (TPSA) is 0 Å². The summed E-state index contributed by atoms with van der Waals surface area (Å²) in [6.07, 6.45) is 3.61. The Bertz CT molecular complexity index is 163. The maximum Gasteiger partial charge on any atom is 0.00920 e. The van der Waals surface area contributed by atoms with E-state index in [1.807, 2.05) is 0 Å². The van der Waals surface area contributed by atoms with E-state index in [9.17, 15) is 0 Å². The molecule has 0 rings (SSSR count). The van der Waals surface area contributed by atoms with Crippen molar-refractivity contribution in [3.8, 4) is 11.6 Å². The van der Waals surface area contributed by atoms with Crippen LogP contribution in [-0.4, -0.2) is 11.3 Å². The summed E-state index contributed by atoms with van der Waals surface area (Å²) in [4.78, 5) is 0. The summed E-state index contributed by atoms with van der Waals surface area (Å²) >= 11 is 0. The molecule has 76 valence electrons. The van der Waals surface area contributed by atoms with Gasteiger partial charge in [-0.05, 0) is 25.7 Å². The predicted molar refractivity (Wildman–Crippen MR) is 64.5 cm³/mol. The fraction of sp³-hybridized carbons (Fsp3) is 0.833. The van der Waals surface area contributed by atoms with Gasteiger partial charge in [0.05, 0.1) is 0 Å². The molecule has 1 heteroatoms. The van der Waals surface area contributed by atoms with E-state index in [0.717, 1.165) is 17.7 Å². The monoisotopic (exact) mass is 198 g/mol. The van der Waals surface area contributed by atoms with Gasteiger partial charge in [0, 0.05) is 6.42 Å². The lowest BCUT2D eigenvalue weighted by Gasteiger charge is -2.18. The molecule has 0 nitrogen and oxygen atoms in total. The summed E-state index contributed by atoms with van der Waals surface area (Å²) in [7, 11) is -0.0564. The van der Waals surface area contributed by atoms with Gasteiger partial charge in [-0.1, -0.05) is 52.6 Å². The zero-order chi connectivity index (χ0) is 10.3. The van der Waals surface area contributed by atoms with Crippen LogP contribution in [0.2, 0.25) is 0 Å². The molecule has 0 N–H and O–H groups in total. The molecule has 0 heterocycles. The molecule has 0 spiro atoms. The summed E-state index contributed by atoms with van der Waals surface area (Å²) in [5.74, 6) is 3.33. The molecule has 0 saturated carbocycles. The quantitative estimate of drug-likeness (QED) is 0.356. The lowest BCUT2D eigenvalue weighted by atomic mass is 10.3. The van der Waals surface area contributed by atoms with Crippen LogP contribution in [0.15, 0.2) is 0 Å². The van der Waals surface area contributed by atoms with E-state index in [-0.39, 0.29) is 7.92 Å². The summed E-state index contributed by atoms with van der Waals surface area (Å²) < 4.78 is 0. The third-order valence-corrected chi connectivity index (χ3v) is 4.62. The average Bonchev–Trinajstić information content (AvgIpc) is 2.02. The van der Waals surface area contributed by atoms with Crippen LogP contribution in [-0.2, 0) is 0 Å². The number of rotatable bonds is 4. The molecule has 0 fully saturated rings. The Balaban J connectivity index is 3.98. The van der Waals surface area contributed by atoms with Gasteiger partial charge in [-0.3, -0.25) is 0 Å². The molecule has 0 unspecified atom stereocenters. The van der Waals surface area contributed by atoms with Gasteiger partial charge in [0.1, 0.15) is 0 Å². The highest BCUT2D eigenvalue weighted by atomic mass is 31.1. The van der Waals surface area contributed by atoms with E-state index in [1.165, 1.54) is 12.8 Å². The van der Waals surface area contributed by atoms with Gasteiger partial charge >= 0.3 is 0 Å². The second-order valence-corrected chi connectivity index (χ2v) is 7.09. The van der Waals surface area contributed by atoms with Crippen LogP contribution in [0.1, 0.15) is 53.9 Å². The minimum Gasteiger partial charge on any atom is -0.0987 e. The van der Waals surface area contributed by atoms with E-state index in [4.69, 9.17) is 0 Å². The highest BCUT2D eigenvalue weighted by molar-refractivity contribution is 7.64. The number of unbranched alkanes of at least 4 members (excludes halogenated alkanes) is 2. The van der Waals surface area contributed by atoms with Crippen LogP contribution >= 0.6 is 7.92 Å². The molecule has 0 saturated heterocycles. The molecule has 0 aromatic heterocycles. The van der Waals surface area contributed by atoms with Gasteiger partial charge in [0.2, 0.25) is 0 Å². The fourth-order valence-electron chi connectivity index (χ4n) is 1.27. The second-order valence-electron chi connectivity index (χ2n) is 3.99. The Hall–Kier alpha value is -0.0100. The average molecular weight is 198 g/mol. The lowest BCUT2D eigenvalue weighted by molar-refractivity contribution is 0.828. The zero-order valence-electron chi connectivity index (χ0n) is 9.72. The van der Waals surface area contributed by atoms with Crippen LogP contribution in [0.4, 0.5) is 0 Å². The Morgan fingerprint density at radius 1 is 1.08 bits per heavy atom. The molecule has 13 heavy (non-hydrogen) atoms. The maximum absolute atomic E-state index is 3.47. The van der Waals surface area contributed by atoms with Crippen LogP contribution < -0.4 is 0 Å². The molecule has 0 aromatic carbocycles. The Labute approximate surface area is 85.3 Å². The first-order chi connectivity index (χ1) is 6.09. The molecule has 0 bridgehead atoms. The Morgan fingerprint density at radius 2 is 1.62 bits per heavy atom. The smallest absolute Gasteiger partial charge is 0.00920 e. The Kier molecular flexibility index (Phi) is 7.39. The highest BCUT2D eigenvalue weighted by Crippen LogP contribution is 2.44. The normalized spacial score (nSPS) is 10.8. The minimum atomic E-state index is -0.0564. The molecule has 0 amide bonds. The first-order valence-electron chi connectivity index (χ1n) is 5.36. The summed E-state index contributed by atoms with van der Waals surface area (Å²) in [6.45, 7) is 11.4. The van der Waals surface area contributed by atoms with Crippen LogP contribution in [0.25, 0.3) is 0 Å². The SMILES string of the molecule is CCCCC#CP(C(C)C)C(C)C. The van der Waals surface area contributed by atoms with Crippen LogP contribution in [0.3, 0.4) is 0 Å². The molecular formula is C12H23P. The summed E-state index contributed by atoms with van der Waals surface area (Å²) in [6, 6.07) is 0. The van der Waals surface area contributed by atoms with Crippen molar-refractivity contribution in [2.75, 3.05) is 0 Å². The van der Waals surface area contributed by atoms with Crippen molar-refractivity contribution in [1.29, 1.82) is 0 Å². The molecule has 0 aromatic rings. The van der Waals surface area contributed by atoms with Gasteiger partial charge in [0.15, 0.2) is 0 Å². The van der Waals surface area contributed by atoms with Gasteiger partial charge in [-0.25, -0.2) is 0 Å². The fourth-order valence-corrected chi connectivity index (χ4v) is 3.27. The highest BCUT2D eigenvalue weighted by Gasteiger charge is 2.13. The molecule has 0 radical (unpaired) electrons. The van der Waals surface area contributed by atoms with E-state index in [0.29, 0.717) is 0 Å². The zero-order valence-corrected chi connectivity index (χ0v) is 10.6. The van der Waals surface area contributed by atoms with Gasteiger partial charge in [-0.2, -0.15) is 0 Å². The van der Waals surface area contributed by atoms with Crippen molar-refractivity contribution in [2.24, 2.45) is 0 Å². The second kappa shape index (κ2) is 7.40. The molecule has 0 aliphatic heterocycles. The maximum atomic E-state index is 3.47. The summed E-state index contributed by atoms with van der Waals surface area (Å²) in [5.41, 5.74) is 4.98. The molecular weight excluding hydrogens is 175 g/mol. The van der Waals surface area contributed by atoms with E-state index >= 15 is 0 Å². The van der Waals surface area contributed by atoms with Crippen LogP contribution in [0, 0.1) is 11.6 Å². The van der Waals surface area contributed by atoms with Crippen molar-refractivity contribution >= 4 is 7.92 Å². The van der Waals surface area contributed by atoms with Gasteiger partial charge in [-0.15, -0.1) is 0 Å². The van der Waals surface area contributed by atoms with Crippen LogP contribution in [0.5, 0.6) is 0 Å². The van der Waals surface area contributed by atoms with Crippen molar-refractivity contribution in [2.45, 2.75) is 65.2 Å². The van der Waals surface area contributed by atoms with E-state index in [2.05, 4.69) is 46.2 Å². The van der Waals surface area contributed by atoms with E-state index in [1.54, 1.807) is 0 Å². The van der Waals surface area contributed by atoms with Gasteiger partial charge in [0.25, 0.3) is 0 Å².